The van der Waals surface area contributed by atoms with E-state index in [1.807, 2.05) is 0 Å². The largest absolute Gasteiger partial charge is 0.394 e. The first-order valence-electron chi connectivity index (χ1n) is 7.92. The van der Waals surface area contributed by atoms with Gasteiger partial charge >= 0.3 is 0 Å². The summed E-state index contributed by atoms with van der Waals surface area (Å²) in [5.41, 5.74) is 0. The summed E-state index contributed by atoms with van der Waals surface area (Å²) in [6.45, 7) is 10.7. The highest BCUT2D eigenvalue weighted by atomic mass is 16.5. The predicted octanol–water partition coefficient (Wildman–Crippen LogP) is 1.49. The molecule has 1 aliphatic rings. The van der Waals surface area contributed by atoms with Crippen LogP contribution in [0.15, 0.2) is 0 Å². The summed E-state index contributed by atoms with van der Waals surface area (Å²) in [5.74, 6) is 0.790. The van der Waals surface area contributed by atoms with Crippen LogP contribution < -0.4 is 5.32 Å². The lowest BCUT2D eigenvalue weighted by Crippen LogP contribution is -2.45. The molecule has 1 saturated heterocycles. The minimum absolute atomic E-state index is 0.124. The fourth-order valence-electron chi connectivity index (χ4n) is 2.86. The molecule has 0 radical (unpaired) electrons. The Morgan fingerprint density at radius 1 is 1.42 bits per heavy atom. The molecule has 1 aliphatic heterocycles. The number of piperidine rings is 1. The van der Waals surface area contributed by atoms with Crippen molar-refractivity contribution in [3.05, 3.63) is 0 Å². The lowest BCUT2D eigenvalue weighted by atomic mass is 9.91. The Kier molecular flexibility index (Phi) is 9.43. The second-order valence-electron chi connectivity index (χ2n) is 5.64. The lowest BCUT2D eigenvalue weighted by molar-refractivity contribution is 0.0893. The third kappa shape index (κ3) is 7.25. The molecule has 1 rings (SSSR count). The molecule has 0 saturated carbocycles. The smallest absolute Gasteiger partial charge is 0.0697 e. The first-order chi connectivity index (χ1) is 9.27. The fourth-order valence-corrected chi connectivity index (χ4v) is 2.86. The van der Waals surface area contributed by atoms with Gasteiger partial charge in [0.05, 0.1) is 13.2 Å². The van der Waals surface area contributed by atoms with Crippen LogP contribution in [0.25, 0.3) is 0 Å². The van der Waals surface area contributed by atoms with Crippen LogP contribution in [0.5, 0.6) is 0 Å². The maximum absolute atomic E-state index is 8.60. The molecule has 0 spiro atoms. The van der Waals surface area contributed by atoms with Gasteiger partial charge in [0.2, 0.25) is 0 Å². The van der Waals surface area contributed by atoms with Crippen LogP contribution in [-0.4, -0.2) is 62.0 Å². The maximum atomic E-state index is 8.60. The van der Waals surface area contributed by atoms with Gasteiger partial charge in [0.1, 0.15) is 0 Å². The van der Waals surface area contributed by atoms with Crippen molar-refractivity contribution in [3.63, 3.8) is 0 Å². The molecule has 0 aliphatic carbocycles. The number of likely N-dealkylation sites (tertiary alicyclic amines) is 1. The van der Waals surface area contributed by atoms with Crippen molar-refractivity contribution in [2.45, 2.75) is 45.6 Å². The van der Waals surface area contributed by atoms with Gasteiger partial charge in [-0.2, -0.15) is 0 Å². The Bertz CT molecular complexity index is 212. The predicted molar refractivity (Wildman–Crippen MR) is 79.4 cm³/mol. The quantitative estimate of drug-likeness (QED) is 0.591. The Balaban J connectivity index is 2.09. The lowest BCUT2D eigenvalue weighted by Gasteiger charge is -2.36. The third-order valence-electron chi connectivity index (χ3n) is 3.96. The van der Waals surface area contributed by atoms with Gasteiger partial charge in [0.25, 0.3) is 0 Å². The van der Waals surface area contributed by atoms with Crippen molar-refractivity contribution in [1.29, 1.82) is 0 Å². The van der Waals surface area contributed by atoms with Crippen molar-refractivity contribution < 1.29 is 9.84 Å². The third-order valence-corrected chi connectivity index (χ3v) is 3.96. The Morgan fingerprint density at radius 2 is 2.26 bits per heavy atom. The van der Waals surface area contributed by atoms with Crippen LogP contribution in [0, 0.1) is 5.92 Å². The highest BCUT2D eigenvalue weighted by Crippen LogP contribution is 2.19. The number of aliphatic hydroxyl groups excluding tert-OH is 1. The van der Waals surface area contributed by atoms with Crippen LogP contribution in [0.3, 0.4) is 0 Å². The molecule has 0 amide bonds. The van der Waals surface area contributed by atoms with E-state index in [9.17, 15) is 0 Å². The zero-order chi connectivity index (χ0) is 13.9. The van der Waals surface area contributed by atoms with Crippen LogP contribution in [0.4, 0.5) is 0 Å². The van der Waals surface area contributed by atoms with E-state index in [1.54, 1.807) is 0 Å². The molecule has 19 heavy (non-hydrogen) atoms. The Labute approximate surface area is 118 Å². The molecule has 0 aromatic heterocycles. The molecule has 0 aromatic carbocycles. The van der Waals surface area contributed by atoms with Gasteiger partial charge in [-0.15, -0.1) is 0 Å². The molecule has 4 nitrogen and oxygen atoms in total. The number of nitrogens with zero attached hydrogens (tertiary/aromatic N) is 1. The number of rotatable bonds is 10. The van der Waals surface area contributed by atoms with Gasteiger partial charge in [0.15, 0.2) is 0 Å². The first-order valence-corrected chi connectivity index (χ1v) is 7.92. The van der Waals surface area contributed by atoms with E-state index < -0.39 is 0 Å². The summed E-state index contributed by atoms with van der Waals surface area (Å²) in [4.78, 5) is 2.61. The molecule has 1 fully saturated rings. The van der Waals surface area contributed by atoms with Gasteiger partial charge in [-0.1, -0.05) is 6.92 Å². The molecule has 4 heteroatoms. The van der Waals surface area contributed by atoms with Crippen molar-refractivity contribution in [2.24, 2.45) is 5.92 Å². The van der Waals surface area contributed by atoms with Crippen LogP contribution in [0.1, 0.15) is 39.5 Å². The molecule has 2 N–H and O–H groups in total. The molecular formula is C15H32N2O2. The second kappa shape index (κ2) is 10.6. The van der Waals surface area contributed by atoms with E-state index in [2.05, 4.69) is 24.1 Å². The highest BCUT2D eigenvalue weighted by Gasteiger charge is 2.23. The molecule has 2 atom stereocenters. The number of nitrogens with one attached hydrogen (secondary N) is 1. The van der Waals surface area contributed by atoms with Gasteiger partial charge in [-0.25, -0.2) is 0 Å². The fraction of sp³-hybridized carbons (Fsp3) is 1.00. The summed E-state index contributed by atoms with van der Waals surface area (Å²) < 4.78 is 5.26. The van der Waals surface area contributed by atoms with Gasteiger partial charge in [0, 0.05) is 19.2 Å². The molecule has 114 valence electrons. The normalized spacial score (nSPS) is 22.6. The summed E-state index contributed by atoms with van der Waals surface area (Å²) >= 11 is 0. The molecule has 2 unspecified atom stereocenters. The van der Waals surface area contributed by atoms with Crippen LogP contribution in [-0.2, 0) is 4.74 Å². The summed E-state index contributed by atoms with van der Waals surface area (Å²) in [5, 5.41) is 12.2. The van der Waals surface area contributed by atoms with Gasteiger partial charge in [-0.3, -0.25) is 0 Å². The van der Waals surface area contributed by atoms with E-state index >= 15 is 0 Å². The van der Waals surface area contributed by atoms with Crippen LogP contribution in [0.2, 0.25) is 0 Å². The number of hydrogen-bond acceptors (Lipinski definition) is 4. The van der Waals surface area contributed by atoms with E-state index in [1.165, 1.54) is 38.9 Å². The molecular weight excluding hydrogens is 240 g/mol. The van der Waals surface area contributed by atoms with Crippen molar-refractivity contribution in [1.82, 2.24) is 10.2 Å². The summed E-state index contributed by atoms with van der Waals surface area (Å²) in [6.07, 6.45) is 4.98. The maximum Gasteiger partial charge on any atom is 0.0697 e. The first kappa shape index (κ1) is 16.9. The Hall–Kier alpha value is -0.160. The summed E-state index contributed by atoms with van der Waals surface area (Å²) in [7, 11) is 0. The molecule has 0 aromatic rings. The average molecular weight is 272 g/mol. The number of hydrogen-bond donors (Lipinski definition) is 2. The van der Waals surface area contributed by atoms with Crippen molar-refractivity contribution in [3.8, 4) is 0 Å². The zero-order valence-corrected chi connectivity index (χ0v) is 12.7. The van der Waals surface area contributed by atoms with E-state index in [0.29, 0.717) is 12.6 Å². The van der Waals surface area contributed by atoms with Gasteiger partial charge in [-0.05, 0) is 58.2 Å². The van der Waals surface area contributed by atoms with Crippen molar-refractivity contribution in [2.75, 3.05) is 46.0 Å². The number of aliphatic hydroxyl groups is 1. The van der Waals surface area contributed by atoms with E-state index in [-0.39, 0.29) is 6.61 Å². The van der Waals surface area contributed by atoms with E-state index in [0.717, 1.165) is 25.5 Å². The standard InChI is InChI=1S/C15H32N2O2/c1-3-8-17-9-4-6-15(13-17)14(2)16-7-5-11-19-12-10-18/h14-16,18H,3-13H2,1-2H3. The average Bonchev–Trinajstić information content (AvgIpc) is 2.43. The summed E-state index contributed by atoms with van der Waals surface area (Å²) in [6, 6.07) is 0.595. The minimum Gasteiger partial charge on any atom is -0.394 e. The molecule has 1 heterocycles. The highest BCUT2D eigenvalue weighted by molar-refractivity contribution is 4.80. The van der Waals surface area contributed by atoms with Gasteiger partial charge < -0.3 is 20.1 Å². The monoisotopic (exact) mass is 272 g/mol. The zero-order valence-electron chi connectivity index (χ0n) is 12.7. The second-order valence-corrected chi connectivity index (χ2v) is 5.64. The SMILES string of the molecule is CCCN1CCCC(C(C)NCCCOCCO)C1. The van der Waals surface area contributed by atoms with Crippen LogP contribution >= 0.6 is 0 Å². The van der Waals surface area contributed by atoms with Crippen molar-refractivity contribution >= 4 is 0 Å². The number of ether oxygens (including phenoxy) is 1. The minimum atomic E-state index is 0.124. The molecule has 0 bridgehead atoms. The topological polar surface area (TPSA) is 44.7 Å². The van der Waals surface area contributed by atoms with E-state index in [4.69, 9.17) is 9.84 Å². The Morgan fingerprint density at radius 3 is 3.00 bits per heavy atom.